The molecular formula is C56H62BrO8P. The van der Waals surface area contributed by atoms with Gasteiger partial charge in [-0.05, 0) is 111 Å². The number of hydrogen-bond donors (Lipinski definition) is 1. The Labute approximate surface area is 398 Å². The molecule has 6 aromatic carbocycles. The van der Waals surface area contributed by atoms with Crippen molar-refractivity contribution in [2.24, 2.45) is 0 Å². The molecule has 0 aliphatic carbocycles. The molecule has 66 heavy (non-hydrogen) atoms. The van der Waals surface area contributed by atoms with Crippen LogP contribution < -0.4 is 25.4 Å². The first-order valence-electron chi connectivity index (χ1n) is 22.5. The zero-order valence-corrected chi connectivity index (χ0v) is 40.2. The van der Waals surface area contributed by atoms with E-state index in [-0.39, 0.29) is 18.3 Å². The van der Waals surface area contributed by atoms with Crippen LogP contribution in [0.1, 0.15) is 77.6 Å². The predicted molar refractivity (Wildman–Crippen MR) is 275 cm³/mol. The number of halogens is 1. The quantitative estimate of drug-likeness (QED) is 0.107. The normalized spacial score (nSPS) is 16.8. The van der Waals surface area contributed by atoms with E-state index >= 15 is 0 Å². The van der Waals surface area contributed by atoms with Crippen LogP contribution >= 0.6 is 20.8 Å². The average Bonchev–Trinajstić information content (AvgIpc) is 3.40. The summed E-state index contributed by atoms with van der Waals surface area (Å²) in [5.41, 5.74) is 2.34. The van der Waals surface area contributed by atoms with Crippen LogP contribution in [-0.4, -0.2) is 56.7 Å². The number of carbonyl (C=O) groups excluding carboxylic acids is 2. The molecule has 0 amide bonds. The zero-order valence-electron chi connectivity index (χ0n) is 37.7. The summed E-state index contributed by atoms with van der Waals surface area (Å²) in [6, 6.07) is 53.3. The van der Waals surface area contributed by atoms with Gasteiger partial charge in [0.25, 0.3) is 0 Å². The van der Waals surface area contributed by atoms with Crippen LogP contribution in [0, 0.1) is 0 Å². The summed E-state index contributed by atoms with van der Waals surface area (Å²) >= 11 is 4.24. The van der Waals surface area contributed by atoms with Crippen molar-refractivity contribution < 1.29 is 38.4 Å². The molecule has 0 radical (unpaired) electrons. The second-order valence-electron chi connectivity index (χ2n) is 15.8. The Morgan fingerprint density at radius 1 is 0.561 bits per heavy atom. The largest absolute Gasteiger partial charge is 0.508 e. The molecule has 8 nitrogen and oxygen atoms in total. The summed E-state index contributed by atoms with van der Waals surface area (Å²) in [5, 5.41) is 10.2. The first-order chi connectivity index (χ1) is 32.2. The summed E-state index contributed by atoms with van der Waals surface area (Å²) in [6.07, 6.45) is 15.9. The molecule has 2 fully saturated rings. The molecule has 3 heterocycles. The van der Waals surface area contributed by atoms with Crippen LogP contribution in [0.4, 0.5) is 0 Å². The number of phenols is 1. The number of aromatic hydroxyl groups is 1. The average molecular weight is 974 g/mol. The van der Waals surface area contributed by atoms with Crippen molar-refractivity contribution in [3.63, 3.8) is 0 Å². The van der Waals surface area contributed by atoms with Crippen LogP contribution in [-0.2, 0) is 14.2 Å². The molecule has 0 saturated carbocycles. The van der Waals surface area contributed by atoms with E-state index in [1.165, 1.54) is 47.3 Å². The third-order valence-corrected chi connectivity index (χ3v) is 19.2. The third-order valence-electron chi connectivity index (χ3n) is 10.9. The first-order valence-corrected chi connectivity index (χ1v) is 27.2. The second-order valence-corrected chi connectivity index (χ2v) is 25.5. The van der Waals surface area contributed by atoms with Gasteiger partial charge < -0.3 is 28.8 Å². The standard InChI is InChI=1S/C19H18BrP.C13H16O2.C12H14O3.C7H6O2.C5H8O/c1-21(20,17-11-5-2-6-12-17,18-13-7-3-8-14-18)19-15-9-4-10-16-19;1-2-11-6-8-12(9-7-11)15-13-5-3-4-10-14-13;13-9-10-4-6-11(7-5-10)15-12-3-1-2-8-14-12;8-5-6-1-3-7(9)4-2-6;1-2-4-6-5-3-1/h2-16H,1H3;2,6-9,13H,1,3-5,10H2;4-7,9,12H,1-3,8H2;1-5,9H;2,4H,1,3,5H2. The molecule has 10 heteroatoms. The van der Waals surface area contributed by atoms with Crippen molar-refractivity contribution in [1.82, 2.24) is 0 Å². The topological polar surface area (TPSA) is 101 Å². The van der Waals surface area contributed by atoms with E-state index in [0.29, 0.717) is 11.1 Å². The van der Waals surface area contributed by atoms with Gasteiger partial charge in [-0.2, -0.15) is 0 Å². The Hall–Kier alpha value is -5.83. The second kappa shape index (κ2) is 27.6. The number of hydrogen-bond acceptors (Lipinski definition) is 8. The Morgan fingerprint density at radius 2 is 0.970 bits per heavy atom. The molecule has 6 aromatic rings. The predicted octanol–water partition coefficient (Wildman–Crippen LogP) is 12.6. The fourth-order valence-electron chi connectivity index (χ4n) is 7.06. The van der Waals surface area contributed by atoms with E-state index in [0.717, 1.165) is 81.6 Å². The van der Waals surface area contributed by atoms with Gasteiger partial charge in [-0.25, -0.2) is 0 Å². The maximum absolute atomic E-state index is 10.4. The van der Waals surface area contributed by atoms with Gasteiger partial charge in [-0.15, -0.1) is 0 Å². The molecule has 1 N–H and O–H groups in total. The van der Waals surface area contributed by atoms with Crippen molar-refractivity contribution >= 4 is 55.4 Å². The maximum Gasteiger partial charge on any atom is 0.199 e. The van der Waals surface area contributed by atoms with Gasteiger partial charge in [0.2, 0.25) is 0 Å². The van der Waals surface area contributed by atoms with E-state index in [2.05, 4.69) is 120 Å². The van der Waals surface area contributed by atoms with E-state index in [1.54, 1.807) is 42.7 Å². The van der Waals surface area contributed by atoms with Gasteiger partial charge in [0.1, 0.15) is 29.8 Å². The van der Waals surface area contributed by atoms with Crippen LogP contribution in [0.2, 0.25) is 0 Å². The van der Waals surface area contributed by atoms with E-state index in [9.17, 15) is 9.59 Å². The molecule has 0 spiro atoms. The molecule has 2 unspecified atom stereocenters. The summed E-state index contributed by atoms with van der Waals surface area (Å²) in [5.74, 6) is 1.81. The summed E-state index contributed by atoms with van der Waals surface area (Å²) in [6.45, 7) is 8.58. The number of rotatable bonds is 10. The number of aldehydes is 2. The Balaban J connectivity index is 0.000000163. The molecule has 346 valence electrons. The van der Waals surface area contributed by atoms with Crippen molar-refractivity contribution in [2.45, 2.75) is 63.9 Å². The molecule has 3 aliphatic heterocycles. The minimum atomic E-state index is -2.56. The van der Waals surface area contributed by atoms with Crippen molar-refractivity contribution in [2.75, 3.05) is 26.5 Å². The van der Waals surface area contributed by atoms with Crippen molar-refractivity contribution in [3.8, 4) is 17.2 Å². The van der Waals surface area contributed by atoms with Crippen LogP contribution in [0.3, 0.4) is 0 Å². The van der Waals surface area contributed by atoms with Gasteiger partial charge in [-0.1, -0.05) is 24.8 Å². The maximum atomic E-state index is 10.4. The third kappa shape index (κ3) is 16.2. The van der Waals surface area contributed by atoms with Crippen molar-refractivity contribution in [1.29, 1.82) is 0 Å². The number of phenolic OH excluding ortho intramolecular Hbond substituents is 1. The smallest absolute Gasteiger partial charge is 0.199 e. The minimum absolute atomic E-state index is 0.0617. The minimum Gasteiger partial charge on any atom is -0.508 e. The first kappa shape index (κ1) is 51.2. The van der Waals surface area contributed by atoms with E-state index in [4.69, 9.17) is 28.8 Å². The van der Waals surface area contributed by atoms with Gasteiger partial charge in [-0.3, -0.25) is 9.59 Å². The summed E-state index contributed by atoms with van der Waals surface area (Å²) in [4.78, 5) is 20.5. The Morgan fingerprint density at radius 3 is 1.27 bits per heavy atom. The van der Waals surface area contributed by atoms with Crippen LogP contribution in [0.5, 0.6) is 17.2 Å². The van der Waals surface area contributed by atoms with E-state index in [1.807, 2.05) is 36.4 Å². The summed E-state index contributed by atoms with van der Waals surface area (Å²) in [7, 11) is 0. The zero-order chi connectivity index (χ0) is 46.7. The van der Waals surface area contributed by atoms with E-state index < -0.39 is 5.31 Å². The van der Waals surface area contributed by atoms with Gasteiger partial charge in [0, 0.05) is 24.0 Å². The summed E-state index contributed by atoms with van der Waals surface area (Å²) < 4.78 is 27.1. The SMILES string of the molecule is C1=COCCC1.C=Cc1ccc(OC2CCCCO2)cc1.CP(Br)(c1ccccc1)(c1ccccc1)c1ccccc1.O=Cc1ccc(O)cc1.O=Cc1ccc(OC2CCCCO2)cc1. The number of carbonyl (C=O) groups is 2. The van der Waals surface area contributed by atoms with Gasteiger partial charge in [0.05, 0.1) is 26.1 Å². The van der Waals surface area contributed by atoms with Gasteiger partial charge >= 0.3 is 134 Å². The molecule has 9 rings (SSSR count). The number of allylic oxidation sites excluding steroid dienone is 1. The molecule has 2 atom stereocenters. The Bertz CT molecular complexity index is 2130. The molecular weight excluding hydrogens is 911 g/mol. The van der Waals surface area contributed by atoms with Crippen molar-refractivity contribution in [3.05, 3.63) is 199 Å². The molecule has 2 saturated heterocycles. The fourth-order valence-corrected chi connectivity index (χ4v) is 12.7. The number of ether oxygens (including phenoxy) is 5. The molecule has 3 aliphatic rings. The Kier molecular flexibility index (Phi) is 21.4. The fraction of sp³-hybridized carbons (Fsp3) is 0.250. The van der Waals surface area contributed by atoms with Crippen LogP contribution in [0.25, 0.3) is 6.08 Å². The molecule has 0 bridgehead atoms. The van der Waals surface area contributed by atoms with Crippen LogP contribution in [0.15, 0.2) is 183 Å². The monoisotopic (exact) mass is 972 g/mol. The number of benzene rings is 6. The van der Waals surface area contributed by atoms with Gasteiger partial charge in [0.15, 0.2) is 12.6 Å². The molecule has 0 aromatic heterocycles.